The lowest BCUT2D eigenvalue weighted by molar-refractivity contribution is -0.115. The number of fused-ring (bicyclic) bond motifs is 1. The van der Waals surface area contributed by atoms with Crippen molar-refractivity contribution in [2.24, 2.45) is 0 Å². The van der Waals surface area contributed by atoms with E-state index in [2.05, 4.69) is 35.6 Å². The van der Waals surface area contributed by atoms with Crippen molar-refractivity contribution in [3.8, 4) is 40.3 Å². The van der Waals surface area contributed by atoms with Crippen molar-refractivity contribution in [2.45, 2.75) is 26.8 Å². The number of nitrogens with one attached hydrogen (secondary N) is 2. The fourth-order valence-corrected chi connectivity index (χ4v) is 6.80. The van der Waals surface area contributed by atoms with Crippen LogP contribution in [0.4, 0.5) is 15.9 Å². The molecule has 2 N–H and O–H groups in total. The maximum absolute atomic E-state index is 15.9. The molecule has 7 rings (SSSR count). The van der Waals surface area contributed by atoms with Crippen molar-refractivity contribution in [3.63, 3.8) is 0 Å². The average molecular weight is 775 g/mol. The number of para-hydroxylation sites is 1. The lowest BCUT2D eigenvalue weighted by atomic mass is 10.1. The number of hydrogen-bond acceptors (Lipinski definition) is 12. The van der Waals surface area contributed by atoms with Crippen molar-refractivity contribution >= 4 is 38.6 Å². The van der Waals surface area contributed by atoms with Crippen LogP contribution in [0, 0.1) is 19.7 Å². The molecular formula is C40H35FN8O6S. The van der Waals surface area contributed by atoms with Crippen molar-refractivity contribution in [2.75, 3.05) is 23.5 Å². The van der Waals surface area contributed by atoms with Gasteiger partial charge in [0, 0.05) is 42.2 Å². The molecule has 0 aliphatic heterocycles. The molecule has 0 unspecified atom stereocenters. The molecule has 0 aliphatic carbocycles. The number of anilines is 2. The Bertz CT molecular complexity index is 2620. The summed E-state index contributed by atoms with van der Waals surface area (Å²) < 4.78 is 58.6. The second-order valence-corrected chi connectivity index (χ2v) is 14.2. The van der Waals surface area contributed by atoms with E-state index in [4.69, 9.17) is 13.7 Å². The number of amides is 1. The monoisotopic (exact) mass is 774 g/mol. The zero-order chi connectivity index (χ0) is 39.2. The van der Waals surface area contributed by atoms with Gasteiger partial charge in [0.2, 0.25) is 5.91 Å². The first-order valence-corrected chi connectivity index (χ1v) is 18.9. The van der Waals surface area contributed by atoms with Crippen molar-refractivity contribution < 1.29 is 31.3 Å². The van der Waals surface area contributed by atoms with E-state index in [1.165, 1.54) is 43.0 Å². The predicted octanol–water partition coefficient (Wildman–Crippen LogP) is 7.18. The molecule has 1 amide bonds. The van der Waals surface area contributed by atoms with Crippen molar-refractivity contribution in [1.29, 1.82) is 0 Å². The third-order valence-corrected chi connectivity index (χ3v) is 9.73. The highest BCUT2D eigenvalue weighted by molar-refractivity contribution is 7.87. The summed E-state index contributed by atoms with van der Waals surface area (Å²) in [7, 11) is -2.40. The number of rotatable bonds is 14. The van der Waals surface area contributed by atoms with Crippen LogP contribution < -0.4 is 24.3 Å². The molecule has 0 radical (unpaired) electrons. The summed E-state index contributed by atoms with van der Waals surface area (Å²) in [5.74, 6) is -0.408. The van der Waals surface area contributed by atoms with Gasteiger partial charge in [-0.1, -0.05) is 30.3 Å². The summed E-state index contributed by atoms with van der Waals surface area (Å²) in [6.45, 7) is 4.08. The van der Waals surface area contributed by atoms with Crippen molar-refractivity contribution in [3.05, 3.63) is 132 Å². The Kier molecular flexibility index (Phi) is 10.8. The van der Waals surface area contributed by atoms with E-state index in [1.54, 1.807) is 56.5 Å². The maximum atomic E-state index is 15.9. The minimum absolute atomic E-state index is 0.0107. The minimum atomic E-state index is -4.00. The first kappa shape index (κ1) is 37.4. The highest BCUT2D eigenvalue weighted by Gasteiger charge is 2.24. The SMILES string of the molecule is COc1ccc(CNc2ncnc3c(C)c(-c4ccc(NC(=O)CCS(=O)(=O)Oc5ccccc5)cn4)n(-c4ccc(Oc5nccc(C)n5)c(F)c4)c23)cc1. The Hall–Kier alpha value is -6.94. The van der Waals surface area contributed by atoms with Gasteiger partial charge in [-0.25, -0.2) is 24.3 Å². The van der Waals surface area contributed by atoms with E-state index in [9.17, 15) is 13.2 Å². The molecule has 0 fully saturated rings. The Morgan fingerprint density at radius 1 is 0.893 bits per heavy atom. The second kappa shape index (κ2) is 16.2. The van der Waals surface area contributed by atoms with Crippen LogP contribution in [-0.2, 0) is 21.5 Å². The summed E-state index contributed by atoms with van der Waals surface area (Å²) in [5, 5.41) is 6.09. The summed E-state index contributed by atoms with van der Waals surface area (Å²) in [5.41, 5.74) is 5.37. The molecule has 3 aromatic carbocycles. The number of ether oxygens (including phenoxy) is 2. The van der Waals surface area contributed by atoms with Gasteiger partial charge in [-0.15, -0.1) is 0 Å². The number of halogens is 1. The summed E-state index contributed by atoms with van der Waals surface area (Å²) in [6.07, 6.45) is 4.10. The third kappa shape index (κ3) is 8.55. The van der Waals surface area contributed by atoms with Crippen LogP contribution in [0.2, 0.25) is 0 Å². The number of carbonyl (C=O) groups excluding carboxylic acids is 1. The van der Waals surface area contributed by atoms with E-state index in [0.717, 1.165) is 16.9 Å². The van der Waals surface area contributed by atoms with E-state index in [-0.39, 0.29) is 23.9 Å². The fourth-order valence-electron chi connectivity index (χ4n) is 5.88. The normalized spacial score (nSPS) is 11.3. The molecule has 0 aliphatic rings. The minimum Gasteiger partial charge on any atom is -0.497 e. The number of methoxy groups -OCH3 is 1. The van der Waals surface area contributed by atoms with Gasteiger partial charge in [0.15, 0.2) is 17.4 Å². The van der Waals surface area contributed by atoms with Crippen LogP contribution in [-0.4, -0.2) is 56.7 Å². The molecule has 4 aromatic heterocycles. The van der Waals surface area contributed by atoms with Crippen LogP contribution in [0.5, 0.6) is 23.3 Å². The fraction of sp³-hybridized carbons (Fsp3) is 0.150. The number of benzene rings is 3. The van der Waals surface area contributed by atoms with Gasteiger partial charge >= 0.3 is 16.1 Å². The quantitative estimate of drug-likeness (QED) is 0.107. The molecule has 0 spiro atoms. The summed E-state index contributed by atoms with van der Waals surface area (Å²) in [4.78, 5) is 34.9. The van der Waals surface area contributed by atoms with E-state index in [1.807, 2.05) is 35.8 Å². The maximum Gasteiger partial charge on any atom is 0.322 e. The van der Waals surface area contributed by atoms with Crippen molar-refractivity contribution in [1.82, 2.24) is 29.5 Å². The van der Waals surface area contributed by atoms with Crippen LogP contribution in [0.1, 0.15) is 23.2 Å². The van der Waals surface area contributed by atoms with Gasteiger partial charge in [0.05, 0.1) is 41.7 Å². The molecule has 7 aromatic rings. The molecule has 0 atom stereocenters. The zero-order valence-electron chi connectivity index (χ0n) is 30.4. The van der Waals surface area contributed by atoms with Gasteiger partial charge < -0.3 is 28.9 Å². The van der Waals surface area contributed by atoms with Crippen LogP contribution in [0.3, 0.4) is 0 Å². The second-order valence-electron chi connectivity index (χ2n) is 12.5. The standard InChI is InChI=1S/C40H35FN8O6S/c1-25-17-19-42-40(47-25)54-34-16-12-29(21-32(34)41)49-37(26(2)36-38(49)39(46-24-45-36)44-22-27-9-13-30(53-3)14-10-27)33-15-11-28(23-43-33)48-35(50)18-20-56(51,52)55-31-7-5-4-6-8-31/h4-17,19,21,23-24H,18,20,22H2,1-3H3,(H,48,50)(H,44,45,46). The molecule has 0 bridgehead atoms. The number of pyridine rings is 1. The molecule has 4 heterocycles. The highest BCUT2D eigenvalue weighted by Crippen LogP contribution is 2.38. The Morgan fingerprint density at radius 2 is 1.70 bits per heavy atom. The number of aryl methyl sites for hydroxylation is 2. The first-order valence-electron chi connectivity index (χ1n) is 17.3. The average Bonchev–Trinajstić information content (AvgIpc) is 3.50. The topological polar surface area (TPSA) is 172 Å². The first-order chi connectivity index (χ1) is 27.1. The number of aromatic nitrogens is 6. The molecule has 284 valence electrons. The summed E-state index contributed by atoms with van der Waals surface area (Å²) in [6, 6.07) is 25.2. The third-order valence-electron chi connectivity index (χ3n) is 8.58. The molecule has 16 heteroatoms. The highest BCUT2D eigenvalue weighted by atomic mass is 32.2. The van der Waals surface area contributed by atoms with Gasteiger partial charge in [-0.2, -0.15) is 8.42 Å². The molecule has 14 nitrogen and oxygen atoms in total. The zero-order valence-corrected chi connectivity index (χ0v) is 31.2. The molecule has 56 heavy (non-hydrogen) atoms. The van der Waals surface area contributed by atoms with Crippen LogP contribution >= 0.6 is 0 Å². The van der Waals surface area contributed by atoms with E-state index >= 15 is 4.39 Å². The number of carbonyl (C=O) groups is 1. The van der Waals surface area contributed by atoms with Gasteiger partial charge in [0.1, 0.15) is 23.3 Å². The Labute approximate surface area is 321 Å². The van der Waals surface area contributed by atoms with Gasteiger partial charge in [-0.3, -0.25) is 9.78 Å². The van der Waals surface area contributed by atoms with Crippen LogP contribution in [0.15, 0.2) is 110 Å². The van der Waals surface area contributed by atoms with Gasteiger partial charge in [-0.05, 0) is 74.0 Å². The molecule has 0 saturated heterocycles. The lowest BCUT2D eigenvalue weighted by Crippen LogP contribution is -2.20. The van der Waals surface area contributed by atoms with E-state index < -0.39 is 27.6 Å². The smallest absolute Gasteiger partial charge is 0.322 e. The Balaban J connectivity index is 1.20. The largest absolute Gasteiger partial charge is 0.497 e. The Morgan fingerprint density at radius 3 is 2.41 bits per heavy atom. The van der Waals surface area contributed by atoms with E-state index in [0.29, 0.717) is 51.9 Å². The predicted molar refractivity (Wildman–Crippen MR) is 208 cm³/mol. The van der Waals surface area contributed by atoms with Gasteiger partial charge in [0.25, 0.3) is 0 Å². The lowest BCUT2D eigenvalue weighted by Gasteiger charge is -2.15. The summed E-state index contributed by atoms with van der Waals surface area (Å²) >= 11 is 0. The molecular weight excluding hydrogens is 740 g/mol. The van der Waals surface area contributed by atoms with Crippen LogP contribution in [0.25, 0.3) is 28.1 Å². The number of nitrogens with zero attached hydrogens (tertiary/aromatic N) is 6. The molecule has 0 saturated carbocycles. The number of hydrogen-bond donors (Lipinski definition) is 2.